The van der Waals surface area contributed by atoms with Gasteiger partial charge < -0.3 is 19.5 Å². The second kappa shape index (κ2) is 9.83. The van der Waals surface area contributed by atoms with E-state index in [1.807, 2.05) is 55.5 Å². The molecule has 0 fully saturated rings. The van der Waals surface area contributed by atoms with Gasteiger partial charge in [-0.2, -0.15) is 0 Å². The highest BCUT2D eigenvalue weighted by molar-refractivity contribution is 6.10. The Hall–Kier alpha value is -4.06. The number of para-hydroxylation sites is 1. The number of benzene rings is 3. The van der Waals surface area contributed by atoms with E-state index >= 15 is 0 Å². The number of hydrogen-bond donors (Lipinski definition) is 1. The van der Waals surface area contributed by atoms with Gasteiger partial charge in [0.15, 0.2) is 11.5 Å². The predicted octanol–water partition coefficient (Wildman–Crippen LogP) is 6.21. The van der Waals surface area contributed by atoms with E-state index in [1.165, 1.54) is 12.1 Å². The number of methoxy groups -OCH3 is 3. The summed E-state index contributed by atoms with van der Waals surface area (Å²) in [6.07, 6.45) is 2.11. The zero-order valence-corrected chi connectivity index (χ0v) is 19.6. The first-order chi connectivity index (χ1) is 16.4. The first-order valence-electron chi connectivity index (χ1n) is 10.8. The second-order valence-electron chi connectivity index (χ2n) is 7.90. The van der Waals surface area contributed by atoms with Gasteiger partial charge in [0.25, 0.3) is 0 Å². The van der Waals surface area contributed by atoms with Crippen LogP contribution < -0.4 is 19.5 Å². The lowest BCUT2D eigenvalue weighted by molar-refractivity contribution is -0.115. The normalized spacial score (nSPS) is 13.6. The Bertz CT molecular complexity index is 1270. The summed E-state index contributed by atoms with van der Waals surface area (Å²) in [6.45, 7) is 1.95. The van der Waals surface area contributed by atoms with Gasteiger partial charge in [-0.05, 0) is 82.8 Å². The topological polar surface area (TPSA) is 56.8 Å². The van der Waals surface area contributed by atoms with Crippen LogP contribution in [0, 0.1) is 5.82 Å². The SMILES string of the molecule is COc1cc(/C=C2/C(C)=C(CC(=O)Nc3ccccc3)c3cc(F)ccc32)cc(OC)c1OC. The third kappa shape index (κ3) is 4.53. The van der Waals surface area contributed by atoms with Crippen molar-refractivity contribution in [3.8, 4) is 17.2 Å². The van der Waals surface area contributed by atoms with Crippen molar-refractivity contribution in [1.82, 2.24) is 0 Å². The van der Waals surface area contributed by atoms with E-state index in [0.717, 1.165) is 39.1 Å². The lowest BCUT2D eigenvalue weighted by atomic mass is 10.00. The number of allylic oxidation sites excluding steroid dienone is 2. The molecule has 0 radical (unpaired) electrons. The number of halogens is 1. The molecule has 3 aromatic carbocycles. The molecule has 4 rings (SSSR count). The van der Waals surface area contributed by atoms with E-state index in [-0.39, 0.29) is 18.1 Å². The minimum Gasteiger partial charge on any atom is -0.493 e. The van der Waals surface area contributed by atoms with E-state index in [1.54, 1.807) is 27.4 Å². The Morgan fingerprint density at radius 1 is 0.912 bits per heavy atom. The highest BCUT2D eigenvalue weighted by Gasteiger charge is 2.26. The van der Waals surface area contributed by atoms with Crippen molar-refractivity contribution >= 4 is 28.8 Å². The quantitative estimate of drug-likeness (QED) is 0.457. The first kappa shape index (κ1) is 23.1. The number of carbonyl (C=O) groups excluding carboxylic acids is 1. The number of fused-ring (bicyclic) bond motifs is 1. The van der Waals surface area contributed by atoms with Crippen molar-refractivity contribution in [3.05, 3.63) is 88.7 Å². The molecule has 0 spiro atoms. The van der Waals surface area contributed by atoms with Gasteiger partial charge in [0.2, 0.25) is 11.7 Å². The van der Waals surface area contributed by atoms with Gasteiger partial charge >= 0.3 is 0 Å². The smallest absolute Gasteiger partial charge is 0.228 e. The molecule has 174 valence electrons. The van der Waals surface area contributed by atoms with Crippen molar-refractivity contribution in [1.29, 1.82) is 0 Å². The standard InChI is InChI=1S/C28H26FNO4/c1-17-22(12-18-13-25(32-2)28(34-4)26(14-18)33-3)21-11-10-19(29)15-24(21)23(17)16-27(31)30-20-8-6-5-7-9-20/h5-15H,16H2,1-4H3,(H,30,31)/b22-12-. The van der Waals surface area contributed by atoms with E-state index in [2.05, 4.69) is 5.32 Å². The number of hydrogen-bond acceptors (Lipinski definition) is 4. The zero-order valence-electron chi connectivity index (χ0n) is 19.6. The average Bonchev–Trinajstić information content (AvgIpc) is 3.09. The van der Waals surface area contributed by atoms with Crippen molar-refractivity contribution in [2.45, 2.75) is 13.3 Å². The zero-order chi connectivity index (χ0) is 24.2. The van der Waals surface area contributed by atoms with Crippen LogP contribution in [0.2, 0.25) is 0 Å². The summed E-state index contributed by atoms with van der Waals surface area (Å²) in [5.74, 6) is 1.07. The molecule has 0 unspecified atom stereocenters. The molecule has 6 heteroatoms. The fourth-order valence-electron chi connectivity index (χ4n) is 4.22. The van der Waals surface area contributed by atoms with Crippen LogP contribution in [0.15, 0.2) is 66.2 Å². The fourth-order valence-corrected chi connectivity index (χ4v) is 4.22. The molecule has 1 N–H and O–H groups in total. The molecule has 3 aromatic rings. The van der Waals surface area contributed by atoms with Crippen LogP contribution in [0.25, 0.3) is 17.2 Å². The summed E-state index contributed by atoms with van der Waals surface area (Å²) in [5, 5.41) is 2.91. The van der Waals surface area contributed by atoms with Crippen LogP contribution in [-0.2, 0) is 4.79 Å². The van der Waals surface area contributed by atoms with Crippen LogP contribution in [0.1, 0.15) is 30.0 Å². The first-order valence-corrected chi connectivity index (χ1v) is 10.8. The van der Waals surface area contributed by atoms with Gasteiger partial charge in [-0.3, -0.25) is 4.79 Å². The van der Waals surface area contributed by atoms with Gasteiger partial charge in [-0.1, -0.05) is 24.3 Å². The molecule has 5 nitrogen and oxygen atoms in total. The fraction of sp³-hybridized carbons (Fsp3) is 0.179. The number of carbonyl (C=O) groups is 1. The van der Waals surface area contributed by atoms with E-state index in [4.69, 9.17) is 14.2 Å². The predicted molar refractivity (Wildman–Crippen MR) is 133 cm³/mol. The van der Waals surface area contributed by atoms with Crippen molar-refractivity contribution in [2.24, 2.45) is 0 Å². The maximum Gasteiger partial charge on any atom is 0.228 e. The van der Waals surface area contributed by atoms with Crippen LogP contribution >= 0.6 is 0 Å². The van der Waals surface area contributed by atoms with Crippen molar-refractivity contribution in [2.75, 3.05) is 26.6 Å². The Kier molecular flexibility index (Phi) is 6.68. The molecule has 1 aliphatic rings. The lowest BCUT2D eigenvalue weighted by Gasteiger charge is -2.13. The van der Waals surface area contributed by atoms with E-state index < -0.39 is 0 Å². The molecule has 34 heavy (non-hydrogen) atoms. The third-order valence-electron chi connectivity index (χ3n) is 5.85. The van der Waals surface area contributed by atoms with E-state index in [9.17, 15) is 9.18 Å². The summed E-state index contributed by atoms with van der Waals surface area (Å²) >= 11 is 0. The van der Waals surface area contributed by atoms with Crippen LogP contribution in [0.3, 0.4) is 0 Å². The molecule has 0 saturated heterocycles. The van der Waals surface area contributed by atoms with Gasteiger partial charge in [-0.25, -0.2) is 4.39 Å². The molecule has 0 aliphatic heterocycles. The van der Waals surface area contributed by atoms with Crippen LogP contribution in [0.5, 0.6) is 17.2 Å². The number of amides is 1. The Morgan fingerprint density at radius 3 is 2.21 bits per heavy atom. The highest BCUT2D eigenvalue weighted by Crippen LogP contribution is 2.45. The van der Waals surface area contributed by atoms with Gasteiger partial charge in [-0.15, -0.1) is 0 Å². The largest absolute Gasteiger partial charge is 0.493 e. The maximum atomic E-state index is 14.2. The molecule has 0 heterocycles. The average molecular weight is 460 g/mol. The van der Waals surface area contributed by atoms with Gasteiger partial charge in [0, 0.05) is 5.69 Å². The molecule has 1 aliphatic carbocycles. The highest BCUT2D eigenvalue weighted by atomic mass is 19.1. The minimum absolute atomic E-state index is 0.129. The van der Waals surface area contributed by atoms with Crippen LogP contribution in [0.4, 0.5) is 10.1 Å². The summed E-state index contributed by atoms with van der Waals surface area (Å²) < 4.78 is 30.6. The Balaban J connectivity index is 1.75. The molecule has 0 aromatic heterocycles. The molecule has 1 amide bonds. The minimum atomic E-state index is -0.346. The van der Waals surface area contributed by atoms with Crippen molar-refractivity contribution in [3.63, 3.8) is 0 Å². The second-order valence-corrected chi connectivity index (χ2v) is 7.90. The monoisotopic (exact) mass is 459 g/mol. The van der Waals surface area contributed by atoms with Crippen LogP contribution in [-0.4, -0.2) is 27.2 Å². The van der Waals surface area contributed by atoms with Gasteiger partial charge in [0.1, 0.15) is 5.82 Å². The van der Waals surface area contributed by atoms with Crippen molar-refractivity contribution < 1.29 is 23.4 Å². The molecule has 0 atom stereocenters. The lowest BCUT2D eigenvalue weighted by Crippen LogP contribution is -2.11. The Morgan fingerprint density at radius 2 is 1.59 bits per heavy atom. The molecule has 0 saturated carbocycles. The summed E-state index contributed by atoms with van der Waals surface area (Å²) in [6, 6.07) is 17.6. The van der Waals surface area contributed by atoms with Gasteiger partial charge in [0.05, 0.1) is 27.8 Å². The number of ether oxygens (including phenoxy) is 3. The number of nitrogens with one attached hydrogen (secondary N) is 1. The summed E-state index contributed by atoms with van der Waals surface area (Å²) in [4.78, 5) is 12.8. The van der Waals surface area contributed by atoms with E-state index in [0.29, 0.717) is 17.2 Å². The third-order valence-corrected chi connectivity index (χ3v) is 5.85. The number of rotatable bonds is 7. The summed E-state index contributed by atoms with van der Waals surface area (Å²) in [5.41, 5.74) is 5.76. The number of anilines is 1. The molecular weight excluding hydrogens is 433 g/mol. The molecular formula is C28H26FNO4. The summed E-state index contributed by atoms with van der Waals surface area (Å²) in [7, 11) is 4.69. The maximum absolute atomic E-state index is 14.2. The Labute approximate surface area is 198 Å². The molecule has 0 bridgehead atoms.